The van der Waals surface area contributed by atoms with Crippen LogP contribution in [0.2, 0.25) is 0 Å². The Morgan fingerprint density at radius 3 is 2.54 bits per heavy atom. The van der Waals surface area contributed by atoms with Gasteiger partial charge in [-0.15, -0.1) is 0 Å². The van der Waals surface area contributed by atoms with Crippen LogP contribution >= 0.6 is 15.9 Å². The monoisotopic (exact) mass is 242 g/mol. The summed E-state index contributed by atoms with van der Waals surface area (Å²) in [5.41, 5.74) is 6.70. The van der Waals surface area contributed by atoms with Gasteiger partial charge in [-0.3, -0.25) is 0 Å². The van der Waals surface area contributed by atoms with Crippen molar-refractivity contribution in [2.75, 3.05) is 13.1 Å². The minimum atomic E-state index is 0.372. The van der Waals surface area contributed by atoms with E-state index in [4.69, 9.17) is 5.73 Å². The molecule has 0 amide bonds. The van der Waals surface area contributed by atoms with Crippen LogP contribution < -0.4 is 11.1 Å². The van der Waals surface area contributed by atoms with Gasteiger partial charge < -0.3 is 11.1 Å². The zero-order valence-corrected chi connectivity index (χ0v) is 9.34. The molecule has 3 N–H and O–H groups in total. The molecule has 3 heteroatoms. The molecule has 0 aliphatic carbocycles. The van der Waals surface area contributed by atoms with Gasteiger partial charge >= 0.3 is 0 Å². The molecule has 0 bridgehead atoms. The molecule has 0 saturated heterocycles. The lowest BCUT2D eigenvalue weighted by molar-refractivity contribution is 0.582. The van der Waals surface area contributed by atoms with Gasteiger partial charge in [-0.2, -0.15) is 0 Å². The Hall–Kier alpha value is -0.380. The summed E-state index contributed by atoms with van der Waals surface area (Å²) in [6.07, 6.45) is 0. The molecular weight excluding hydrogens is 228 g/mol. The van der Waals surface area contributed by atoms with E-state index in [2.05, 4.69) is 52.4 Å². The number of hydrogen-bond acceptors (Lipinski definition) is 2. The maximum absolute atomic E-state index is 5.41. The zero-order valence-electron chi connectivity index (χ0n) is 7.76. The molecule has 0 aliphatic heterocycles. The predicted octanol–water partition coefficient (Wildman–Crippen LogP) is 2.06. The molecule has 0 spiro atoms. The smallest absolute Gasteiger partial charge is 0.0292 e. The van der Waals surface area contributed by atoms with Crippen molar-refractivity contribution in [2.24, 2.45) is 5.73 Å². The summed E-state index contributed by atoms with van der Waals surface area (Å²) in [5, 5.41) is 3.33. The highest BCUT2D eigenvalue weighted by Crippen LogP contribution is 2.15. The second kappa shape index (κ2) is 5.37. The van der Waals surface area contributed by atoms with Crippen LogP contribution in [-0.2, 0) is 0 Å². The van der Waals surface area contributed by atoms with Crippen molar-refractivity contribution in [1.29, 1.82) is 0 Å². The van der Waals surface area contributed by atoms with E-state index in [0.717, 1.165) is 11.0 Å². The number of nitrogens with one attached hydrogen (secondary N) is 1. The van der Waals surface area contributed by atoms with Crippen LogP contribution in [0.1, 0.15) is 18.5 Å². The Morgan fingerprint density at radius 2 is 2.00 bits per heavy atom. The third-order valence-corrected chi connectivity index (χ3v) is 2.49. The molecule has 0 saturated carbocycles. The molecule has 1 aromatic carbocycles. The summed E-state index contributed by atoms with van der Waals surface area (Å²) in [5.74, 6) is 0. The third-order valence-electron chi connectivity index (χ3n) is 1.96. The maximum Gasteiger partial charge on any atom is 0.0292 e. The topological polar surface area (TPSA) is 38.0 Å². The standard InChI is InChI=1S/C10H15BrN2/c1-8(13-7-6-12)9-2-4-10(11)5-3-9/h2-5,8,13H,6-7,12H2,1H3. The normalized spacial score (nSPS) is 12.8. The first kappa shape index (κ1) is 10.7. The van der Waals surface area contributed by atoms with E-state index < -0.39 is 0 Å². The summed E-state index contributed by atoms with van der Waals surface area (Å²) in [7, 11) is 0. The molecule has 1 rings (SSSR count). The van der Waals surface area contributed by atoms with Crippen LogP contribution in [0.3, 0.4) is 0 Å². The van der Waals surface area contributed by atoms with Gasteiger partial charge in [-0.05, 0) is 24.6 Å². The fraction of sp³-hybridized carbons (Fsp3) is 0.400. The number of nitrogens with two attached hydrogens (primary N) is 1. The molecule has 0 heterocycles. The van der Waals surface area contributed by atoms with E-state index in [1.807, 2.05) is 0 Å². The maximum atomic E-state index is 5.41. The Bertz CT molecular complexity index is 246. The summed E-state index contributed by atoms with van der Waals surface area (Å²) >= 11 is 3.41. The lowest BCUT2D eigenvalue weighted by Crippen LogP contribution is -2.25. The predicted molar refractivity (Wildman–Crippen MR) is 59.6 cm³/mol. The summed E-state index contributed by atoms with van der Waals surface area (Å²) in [4.78, 5) is 0. The van der Waals surface area contributed by atoms with Crippen molar-refractivity contribution in [3.8, 4) is 0 Å². The van der Waals surface area contributed by atoms with Gasteiger partial charge in [0.1, 0.15) is 0 Å². The molecular formula is C10H15BrN2. The molecule has 0 radical (unpaired) electrons. The summed E-state index contributed by atoms with van der Waals surface area (Å²) in [6.45, 7) is 3.68. The first-order valence-corrected chi connectivity index (χ1v) is 5.22. The minimum absolute atomic E-state index is 0.372. The average Bonchev–Trinajstić information content (AvgIpc) is 2.15. The molecule has 0 aliphatic rings. The second-order valence-corrected chi connectivity index (χ2v) is 3.93. The van der Waals surface area contributed by atoms with Crippen molar-refractivity contribution in [2.45, 2.75) is 13.0 Å². The summed E-state index contributed by atoms with van der Waals surface area (Å²) < 4.78 is 1.11. The highest BCUT2D eigenvalue weighted by molar-refractivity contribution is 9.10. The molecule has 0 fully saturated rings. The molecule has 72 valence electrons. The number of benzene rings is 1. The lowest BCUT2D eigenvalue weighted by Gasteiger charge is -2.13. The fourth-order valence-electron chi connectivity index (χ4n) is 1.17. The van der Waals surface area contributed by atoms with E-state index >= 15 is 0 Å². The van der Waals surface area contributed by atoms with Crippen molar-refractivity contribution in [1.82, 2.24) is 5.32 Å². The average molecular weight is 243 g/mol. The number of hydrogen-bond donors (Lipinski definition) is 2. The highest BCUT2D eigenvalue weighted by Gasteiger charge is 2.02. The fourth-order valence-corrected chi connectivity index (χ4v) is 1.43. The molecule has 1 unspecified atom stereocenters. The van der Waals surface area contributed by atoms with Crippen molar-refractivity contribution in [3.05, 3.63) is 34.3 Å². The van der Waals surface area contributed by atoms with Gasteiger partial charge in [-0.25, -0.2) is 0 Å². The van der Waals surface area contributed by atoms with Crippen LogP contribution in [0.15, 0.2) is 28.7 Å². The van der Waals surface area contributed by atoms with Gasteiger partial charge in [0.25, 0.3) is 0 Å². The summed E-state index contributed by atoms with van der Waals surface area (Å²) in [6, 6.07) is 8.69. The van der Waals surface area contributed by atoms with E-state index in [0.29, 0.717) is 12.6 Å². The Labute approximate surface area is 87.6 Å². The second-order valence-electron chi connectivity index (χ2n) is 3.02. The van der Waals surface area contributed by atoms with Gasteiger partial charge in [-0.1, -0.05) is 28.1 Å². The van der Waals surface area contributed by atoms with Gasteiger partial charge in [0.2, 0.25) is 0 Å². The quantitative estimate of drug-likeness (QED) is 0.849. The number of halogens is 1. The first-order valence-electron chi connectivity index (χ1n) is 4.43. The minimum Gasteiger partial charge on any atom is -0.329 e. The van der Waals surface area contributed by atoms with Crippen LogP contribution in [0, 0.1) is 0 Å². The molecule has 2 nitrogen and oxygen atoms in total. The Morgan fingerprint density at radius 1 is 1.38 bits per heavy atom. The Kier molecular flexibility index (Phi) is 4.42. The highest BCUT2D eigenvalue weighted by atomic mass is 79.9. The molecule has 0 aromatic heterocycles. The van der Waals surface area contributed by atoms with E-state index in [-0.39, 0.29) is 0 Å². The van der Waals surface area contributed by atoms with Gasteiger partial charge in [0, 0.05) is 23.6 Å². The van der Waals surface area contributed by atoms with Crippen LogP contribution in [0.5, 0.6) is 0 Å². The van der Waals surface area contributed by atoms with E-state index in [9.17, 15) is 0 Å². The zero-order chi connectivity index (χ0) is 9.68. The first-order chi connectivity index (χ1) is 6.24. The SMILES string of the molecule is CC(NCCN)c1ccc(Br)cc1. The molecule has 1 aromatic rings. The largest absolute Gasteiger partial charge is 0.329 e. The van der Waals surface area contributed by atoms with Crippen LogP contribution in [-0.4, -0.2) is 13.1 Å². The Balaban J connectivity index is 2.55. The van der Waals surface area contributed by atoms with Crippen molar-refractivity contribution >= 4 is 15.9 Å². The number of rotatable bonds is 4. The van der Waals surface area contributed by atoms with E-state index in [1.165, 1.54) is 5.56 Å². The van der Waals surface area contributed by atoms with E-state index in [1.54, 1.807) is 0 Å². The molecule has 1 atom stereocenters. The van der Waals surface area contributed by atoms with Gasteiger partial charge in [0.05, 0.1) is 0 Å². The van der Waals surface area contributed by atoms with Crippen LogP contribution in [0.25, 0.3) is 0 Å². The lowest BCUT2D eigenvalue weighted by atomic mass is 10.1. The van der Waals surface area contributed by atoms with Crippen molar-refractivity contribution in [3.63, 3.8) is 0 Å². The van der Waals surface area contributed by atoms with Gasteiger partial charge in [0.15, 0.2) is 0 Å². The van der Waals surface area contributed by atoms with Crippen LogP contribution in [0.4, 0.5) is 0 Å². The molecule has 13 heavy (non-hydrogen) atoms. The third kappa shape index (κ3) is 3.46. The van der Waals surface area contributed by atoms with Crippen molar-refractivity contribution < 1.29 is 0 Å².